The van der Waals surface area contributed by atoms with Gasteiger partial charge in [0.15, 0.2) is 0 Å². The summed E-state index contributed by atoms with van der Waals surface area (Å²) >= 11 is 0. The number of carbonyl (C=O) groups is 1. The minimum Gasteiger partial charge on any atom is -0.497 e. The first kappa shape index (κ1) is 31.4. The van der Waals surface area contributed by atoms with Crippen LogP contribution in [0.15, 0.2) is 158 Å². The molecule has 0 aliphatic carbocycles. The molecule has 0 fully saturated rings. The molecule has 2 aliphatic heterocycles. The topological polar surface area (TPSA) is 62.2 Å². The smallest absolute Gasteiger partial charge is 0.246 e. The molecule has 2 aliphatic rings. The minimum atomic E-state index is -1.74. The Hall–Kier alpha value is -5.85. The minimum absolute atomic E-state index is 0.119. The molecule has 6 heteroatoms. The fraction of sp³-hybridized carbons (Fsp3) is 0.159. The van der Waals surface area contributed by atoms with Gasteiger partial charge in [-0.3, -0.25) is 4.79 Å². The Labute approximate surface area is 292 Å². The molecule has 6 nitrogen and oxygen atoms in total. The van der Waals surface area contributed by atoms with Crippen molar-refractivity contribution in [1.82, 2.24) is 0 Å². The van der Waals surface area contributed by atoms with E-state index in [4.69, 9.17) is 9.47 Å². The van der Waals surface area contributed by atoms with Crippen molar-refractivity contribution in [2.24, 2.45) is 0 Å². The maximum atomic E-state index is 15.4. The lowest BCUT2D eigenvalue weighted by atomic mass is 9.60. The lowest BCUT2D eigenvalue weighted by molar-refractivity contribution is -0.139. The van der Waals surface area contributed by atoms with Crippen LogP contribution in [0.3, 0.4) is 0 Å². The van der Waals surface area contributed by atoms with Crippen molar-refractivity contribution in [3.63, 3.8) is 0 Å². The summed E-state index contributed by atoms with van der Waals surface area (Å²) in [6.07, 6.45) is 0. The molecule has 0 radical (unpaired) electrons. The number of carbonyl (C=O) groups excluding carboxylic acids is 1. The average Bonchev–Trinajstić information content (AvgIpc) is 3.41. The number of anilines is 2. The number of rotatable bonds is 9. The van der Waals surface area contributed by atoms with Crippen molar-refractivity contribution >= 4 is 17.3 Å². The third kappa shape index (κ3) is 5.20. The summed E-state index contributed by atoms with van der Waals surface area (Å²) in [5, 5.41) is 13.1. The van der Waals surface area contributed by atoms with Gasteiger partial charge in [-0.1, -0.05) is 127 Å². The van der Waals surface area contributed by atoms with Crippen LogP contribution in [-0.4, -0.2) is 24.7 Å². The zero-order chi connectivity index (χ0) is 34.1. The van der Waals surface area contributed by atoms with Crippen LogP contribution in [0.2, 0.25) is 0 Å². The Morgan fingerprint density at radius 2 is 1.28 bits per heavy atom. The van der Waals surface area contributed by atoms with Crippen molar-refractivity contribution in [3.05, 3.63) is 191 Å². The van der Waals surface area contributed by atoms with E-state index >= 15 is 4.79 Å². The zero-order valence-corrected chi connectivity index (χ0v) is 27.9. The summed E-state index contributed by atoms with van der Waals surface area (Å²) in [6.45, 7) is 1.61. The quantitative estimate of drug-likeness (QED) is 0.171. The van der Waals surface area contributed by atoms with Crippen molar-refractivity contribution < 1.29 is 19.4 Å². The van der Waals surface area contributed by atoms with Crippen molar-refractivity contribution in [2.75, 3.05) is 23.5 Å². The highest BCUT2D eigenvalue weighted by Crippen LogP contribution is 2.60. The molecule has 0 aromatic heterocycles. The number of hydrogen-bond acceptors (Lipinski definition) is 5. The molecule has 0 saturated carbocycles. The van der Waals surface area contributed by atoms with Gasteiger partial charge < -0.3 is 24.4 Å². The molecular weight excluding hydrogens is 620 g/mol. The second kappa shape index (κ2) is 12.9. The van der Waals surface area contributed by atoms with Crippen molar-refractivity contribution in [2.45, 2.75) is 30.7 Å². The van der Waals surface area contributed by atoms with Crippen LogP contribution in [0.1, 0.15) is 33.4 Å². The molecule has 0 unspecified atom stereocenters. The van der Waals surface area contributed by atoms with Crippen LogP contribution in [0, 0.1) is 0 Å². The summed E-state index contributed by atoms with van der Waals surface area (Å²) in [5.41, 5.74) is 3.85. The molecule has 1 amide bonds. The molecule has 6 aromatic rings. The lowest BCUT2D eigenvalue weighted by Gasteiger charge is -2.48. The molecule has 248 valence electrons. The van der Waals surface area contributed by atoms with E-state index < -0.39 is 11.0 Å². The Morgan fingerprint density at radius 1 is 0.700 bits per heavy atom. The number of amides is 1. The molecule has 8 rings (SSSR count). The monoisotopic (exact) mass is 658 g/mol. The Bertz CT molecular complexity index is 2080. The molecule has 0 bridgehead atoms. The Kier molecular flexibility index (Phi) is 8.09. The molecule has 50 heavy (non-hydrogen) atoms. The van der Waals surface area contributed by atoms with Crippen LogP contribution >= 0.6 is 0 Å². The molecule has 2 heterocycles. The summed E-state index contributed by atoms with van der Waals surface area (Å²) < 4.78 is 12.0. The van der Waals surface area contributed by atoms with Crippen molar-refractivity contribution in [3.8, 4) is 11.5 Å². The van der Waals surface area contributed by atoms with E-state index in [1.54, 1.807) is 7.11 Å². The van der Waals surface area contributed by atoms with Gasteiger partial charge in [0.1, 0.15) is 29.1 Å². The number of nitrogens with zero attached hydrogens (tertiary/aromatic N) is 2. The average molecular weight is 659 g/mol. The van der Waals surface area contributed by atoms with E-state index in [0.717, 1.165) is 22.5 Å². The highest BCUT2D eigenvalue weighted by molar-refractivity contribution is 6.12. The molecule has 0 saturated heterocycles. The summed E-state index contributed by atoms with van der Waals surface area (Å²) in [4.78, 5) is 19.5. The van der Waals surface area contributed by atoms with Gasteiger partial charge in [-0.2, -0.15) is 0 Å². The van der Waals surface area contributed by atoms with Gasteiger partial charge in [-0.15, -0.1) is 0 Å². The fourth-order valence-corrected chi connectivity index (χ4v) is 7.70. The van der Waals surface area contributed by atoms with Crippen LogP contribution in [0.4, 0.5) is 11.4 Å². The zero-order valence-electron chi connectivity index (χ0n) is 27.9. The Balaban J connectivity index is 1.30. The van der Waals surface area contributed by atoms with Crippen LogP contribution in [-0.2, 0) is 35.4 Å². The van der Waals surface area contributed by atoms with Gasteiger partial charge in [0.25, 0.3) is 0 Å². The van der Waals surface area contributed by atoms with Gasteiger partial charge in [-0.25, -0.2) is 0 Å². The van der Waals surface area contributed by atoms with E-state index in [-0.39, 0.29) is 12.5 Å². The van der Waals surface area contributed by atoms with E-state index in [1.807, 2.05) is 108 Å². The first-order valence-corrected chi connectivity index (χ1v) is 16.9. The fourth-order valence-electron chi connectivity index (χ4n) is 7.70. The van der Waals surface area contributed by atoms with E-state index in [0.29, 0.717) is 42.3 Å². The standard InChI is InChI=1S/C44H38N2O4/c1-49-37-24-21-35(22-25-37)43(48)31-50-41-27-36(45(28-32-13-5-2-6-14-32)29-33-15-7-3-8-16-33)23-26-39(41)44(43)38-19-11-12-20-40(38)46(42(44)47)30-34-17-9-4-10-18-34/h2-27,48H,28-31H2,1H3/t43-,44+/m0/s1. The van der Waals surface area contributed by atoms with Gasteiger partial charge in [-0.05, 0) is 52.1 Å². The van der Waals surface area contributed by atoms with E-state index in [9.17, 15) is 5.11 Å². The first-order valence-electron chi connectivity index (χ1n) is 16.9. The number of benzene rings is 6. The van der Waals surface area contributed by atoms with Gasteiger partial charge in [0.05, 0.1) is 13.7 Å². The van der Waals surface area contributed by atoms with Gasteiger partial charge >= 0.3 is 0 Å². The number of hydrogen-bond donors (Lipinski definition) is 1. The molecule has 1 N–H and O–H groups in total. The highest BCUT2D eigenvalue weighted by Gasteiger charge is 2.67. The van der Waals surface area contributed by atoms with E-state index in [1.165, 1.54) is 11.1 Å². The third-order valence-electron chi connectivity index (χ3n) is 10.1. The molecular formula is C44H38N2O4. The second-order valence-electron chi connectivity index (χ2n) is 13.0. The van der Waals surface area contributed by atoms with Crippen LogP contribution in [0.25, 0.3) is 0 Å². The first-order chi connectivity index (χ1) is 24.5. The maximum absolute atomic E-state index is 15.4. The number of methoxy groups -OCH3 is 1. The summed E-state index contributed by atoms with van der Waals surface area (Å²) in [5.74, 6) is 1.05. The number of para-hydroxylation sites is 1. The maximum Gasteiger partial charge on any atom is 0.246 e. The van der Waals surface area contributed by atoms with Gasteiger partial charge in [0, 0.05) is 36.1 Å². The Morgan fingerprint density at radius 3 is 1.90 bits per heavy atom. The van der Waals surface area contributed by atoms with Crippen molar-refractivity contribution in [1.29, 1.82) is 0 Å². The van der Waals surface area contributed by atoms with Crippen LogP contribution in [0.5, 0.6) is 11.5 Å². The number of aliphatic hydroxyl groups is 1. The number of fused-ring (bicyclic) bond motifs is 4. The predicted octanol–water partition coefficient (Wildman–Crippen LogP) is 8.02. The third-order valence-corrected chi connectivity index (χ3v) is 10.1. The van der Waals surface area contributed by atoms with E-state index in [2.05, 4.69) is 59.5 Å². The second-order valence-corrected chi connectivity index (χ2v) is 13.0. The normalized spacial score (nSPS) is 19.1. The SMILES string of the molecule is COc1ccc([C@@]2(O)COc3cc(N(Cc4ccccc4)Cc4ccccc4)ccc3[C@]23C(=O)N(Cc2ccccc2)c2ccccc23)cc1. The largest absolute Gasteiger partial charge is 0.497 e. The highest BCUT2D eigenvalue weighted by atomic mass is 16.5. The predicted molar refractivity (Wildman–Crippen MR) is 196 cm³/mol. The molecule has 6 aromatic carbocycles. The number of ether oxygens (including phenoxy) is 2. The summed E-state index contributed by atoms with van der Waals surface area (Å²) in [6, 6.07) is 52.0. The van der Waals surface area contributed by atoms with Gasteiger partial charge in [0.2, 0.25) is 5.91 Å². The molecule has 1 spiro atoms. The summed E-state index contributed by atoms with van der Waals surface area (Å²) in [7, 11) is 1.61. The lowest BCUT2D eigenvalue weighted by Crippen LogP contribution is -2.61. The van der Waals surface area contributed by atoms with Crippen LogP contribution < -0.4 is 19.3 Å². The molecule has 2 atom stereocenters.